The molecular weight excluding hydrogens is 470 g/mol. The molecule has 0 aromatic heterocycles. The van der Waals surface area contributed by atoms with Crippen molar-refractivity contribution in [3.8, 4) is 0 Å². The molecule has 184 valence electrons. The van der Waals surface area contributed by atoms with E-state index in [2.05, 4.69) is 16.0 Å². The molecule has 1 aliphatic heterocycles. The molecule has 1 heterocycles. The number of aliphatic imine (C=N–C) groups is 1. The van der Waals surface area contributed by atoms with E-state index in [1.165, 1.54) is 11.8 Å². The molecule has 0 unspecified atom stereocenters. The lowest BCUT2D eigenvalue weighted by Crippen LogP contribution is -2.32. The van der Waals surface area contributed by atoms with Crippen LogP contribution in [0.4, 0.5) is 17.1 Å². The fourth-order valence-corrected chi connectivity index (χ4v) is 4.53. The van der Waals surface area contributed by atoms with Gasteiger partial charge in [0.05, 0.1) is 11.3 Å². The van der Waals surface area contributed by atoms with Crippen molar-refractivity contribution in [3.05, 3.63) is 102 Å². The van der Waals surface area contributed by atoms with Crippen molar-refractivity contribution >= 4 is 45.8 Å². The highest BCUT2D eigenvalue weighted by Gasteiger charge is 2.29. The Kier molecular flexibility index (Phi) is 8.07. The Morgan fingerprint density at radius 1 is 0.889 bits per heavy atom. The summed E-state index contributed by atoms with van der Waals surface area (Å²) in [5.74, 6) is -0.161. The molecule has 2 amide bonds. The van der Waals surface area contributed by atoms with E-state index in [9.17, 15) is 9.59 Å². The molecule has 0 bridgehead atoms. The van der Waals surface area contributed by atoms with E-state index in [4.69, 9.17) is 4.99 Å². The molecular formula is C28H29N5O2S. The number of thioether (sulfide) groups is 1. The van der Waals surface area contributed by atoms with Gasteiger partial charge in [0, 0.05) is 36.9 Å². The van der Waals surface area contributed by atoms with E-state index in [-0.39, 0.29) is 17.6 Å². The van der Waals surface area contributed by atoms with Crippen molar-refractivity contribution in [2.24, 2.45) is 4.99 Å². The lowest BCUT2D eigenvalue weighted by atomic mass is 9.95. The highest BCUT2D eigenvalue weighted by molar-refractivity contribution is 8.14. The van der Waals surface area contributed by atoms with E-state index in [1.807, 2.05) is 111 Å². The first-order valence-electron chi connectivity index (χ1n) is 11.6. The summed E-state index contributed by atoms with van der Waals surface area (Å²) in [5.41, 5.74) is 4.65. The molecule has 4 rings (SSSR count). The summed E-state index contributed by atoms with van der Waals surface area (Å²) in [6.07, 6.45) is 0. The minimum Gasteiger partial charge on any atom is -0.378 e. The highest BCUT2D eigenvalue weighted by atomic mass is 32.2. The largest absolute Gasteiger partial charge is 0.378 e. The number of para-hydroxylation sites is 2. The molecule has 0 fully saturated rings. The van der Waals surface area contributed by atoms with Crippen LogP contribution in [-0.4, -0.2) is 36.8 Å². The molecule has 0 spiro atoms. The van der Waals surface area contributed by atoms with Gasteiger partial charge in [-0.2, -0.15) is 0 Å². The van der Waals surface area contributed by atoms with Gasteiger partial charge in [-0.15, -0.1) is 0 Å². The Morgan fingerprint density at radius 2 is 1.47 bits per heavy atom. The normalized spacial score (nSPS) is 15.0. The Labute approximate surface area is 215 Å². The highest BCUT2D eigenvalue weighted by Crippen LogP contribution is 2.34. The first-order valence-corrected chi connectivity index (χ1v) is 12.6. The zero-order valence-electron chi connectivity index (χ0n) is 20.5. The summed E-state index contributed by atoms with van der Waals surface area (Å²) in [6.45, 7) is 1.86. The molecule has 3 aromatic rings. The van der Waals surface area contributed by atoms with Crippen LogP contribution in [0.15, 0.2) is 101 Å². The second-order valence-electron chi connectivity index (χ2n) is 8.51. The van der Waals surface area contributed by atoms with Gasteiger partial charge in [0.15, 0.2) is 5.17 Å². The van der Waals surface area contributed by atoms with Gasteiger partial charge in [-0.05, 0) is 48.9 Å². The van der Waals surface area contributed by atoms with Gasteiger partial charge >= 0.3 is 0 Å². The monoisotopic (exact) mass is 499 g/mol. The Morgan fingerprint density at radius 3 is 2.06 bits per heavy atom. The summed E-state index contributed by atoms with van der Waals surface area (Å²) in [5, 5.41) is 9.68. The first kappa shape index (κ1) is 25.1. The maximum absolute atomic E-state index is 13.4. The van der Waals surface area contributed by atoms with Crippen molar-refractivity contribution in [1.29, 1.82) is 0 Å². The fourth-order valence-electron chi connectivity index (χ4n) is 3.78. The molecule has 0 saturated heterocycles. The fraction of sp³-hybridized carbons (Fsp3) is 0.179. The number of hydrogen-bond acceptors (Lipinski definition) is 6. The molecule has 3 N–H and O–H groups in total. The van der Waals surface area contributed by atoms with Crippen LogP contribution in [0.1, 0.15) is 18.5 Å². The second kappa shape index (κ2) is 11.6. The van der Waals surface area contributed by atoms with Crippen LogP contribution in [-0.2, 0) is 9.59 Å². The van der Waals surface area contributed by atoms with Crippen LogP contribution >= 0.6 is 11.8 Å². The number of anilines is 3. The van der Waals surface area contributed by atoms with Gasteiger partial charge in [0.1, 0.15) is 6.04 Å². The summed E-state index contributed by atoms with van der Waals surface area (Å²) in [4.78, 5) is 32.7. The minimum atomic E-state index is -0.508. The first-order chi connectivity index (χ1) is 17.4. The van der Waals surface area contributed by atoms with Crippen molar-refractivity contribution in [1.82, 2.24) is 5.32 Å². The van der Waals surface area contributed by atoms with Crippen molar-refractivity contribution in [2.75, 3.05) is 35.4 Å². The van der Waals surface area contributed by atoms with Crippen LogP contribution in [0.25, 0.3) is 0 Å². The van der Waals surface area contributed by atoms with E-state index >= 15 is 0 Å². The Bertz CT molecular complexity index is 1270. The van der Waals surface area contributed by atoms with Gasteiger partial charge < -0.3 is 20.9 Å². The predicted molar refractivity (Wildman–Crippen MR) is 149 cm³/mol. The molecule has 7 nitrogen and oxygen atoms in total. The number of hydrogen-bond donors (Lipinski definition) is 3. The van der Waals surface area contributed by atoms with E-state index in [0.717, 1.165) is 16.9 Å². The number of carbonyl (C=O) groups excluding carboxylic acids is 2. The second-order valence-corrected chi connectivity index (χ2v) is 9.47. The van der Waals surface area contributed by atoms with E-state index in [1.54, 1.807) is 0 Å². The lowest BCUT2D eigenvalue weighted by molar-refractivity contribution is -0.114. The molecule has 8 heteroatoms. The standard InChI is InChI=1S/C28H29N5O2S/c1-19-25(27(35)31-22-12-8-5-9-13-22)26(20-14-16-23(17-15-20)33(2)3)32-28(29-19)36-18-24(34)30-21-10-6-4-7-11-21/h4-17,26H,18H2,1-3H3,(H,29,32)(H,30,34)(H,31,35)/t26-/m1/s1. The summed E-state index contributed by atoms with van der Waals surface area (Å²) in [6, 6.07) is 26.2. The molecule has 3 aromatic carbocycles. The molecule has 0 saturated carbocycles. The number of nitrogens with one attached hydrogen (secondary N) is 3. The third-order valence-electron chi connectivity index (χ3n) is 5.62. The zero-order chi connectivity index (χ0) is 25.5. The van der Waals surface area contributed by atoms with E-state index < -0.39 is 6.04 Å². The average Bonchev–Trinajstić information content (AvgIpc) is 2.88. The van der Waals surface area contributed by atoms with Crippen LogP contribution in [0.2, 0.25) is 0 Å². The topological polar surface area (TPSA) is 85.8 Å². The number of amides is 2. The number of rotatable bonds is 7. The number of benzene rings is 3. The van der Waals surface area contributed by atoms with Gasteiger partial charge in [-0.1, -0.05) is 60.3 Å². The van der Waals surface area contributed by atoms with E-state index in [0.29, 0.717) is 22.1 Å². The molecule has 0 aliphatic carbocycles. The zero-order valence-corrected chi connectivity index (χ0v) is 21.3. The average molecular weight is 500 g/mol. The SMILES string of the molecule is CC1=C(C(=O)Nc2ccccc2)[C@@H](c2ccc(N(C)C)cc2)N=C(SCC(=O)Nc2ccccc2)N1. The molecule has 0 radical (unpaired) electrons. The Balaban J connectivity index is 1.55. The summed E-state index contributed by atoms with van der Waals surface area (Å²) < 4.78 is 0. The van der Waals surface area contributed by atoms with Gasteiger partial charge in [-0.3, -0.25) is 9.59 Å². The van der Waals surface area contributed by atoms with Crippen LogP contribution < -0.4 is 20.9 Å². The number of allylic oxidation sites excluding steroid dienone is 1. The van der Waals surface area contributed by atoms with Crippen molar-refractivity contribution < 1.29 is 9.59 Å². The number of nitrogens with zero attached hydrogens (tertiary/aromatic N) is 2. The third-order valence-corrected chi connectivity index (χ3v) is 6.50. The van der Waals surface area contributed by atoms with Crippen molar-refractivity contribution in [3.63, 3.8) is 0 Å². The number of amidine groups is 1. The summed E-state index contributed by atoms with van der Waals surface area (Å²) >= 11 is 1.31. The molecule has 1 atom stereocenters. The molecule has 36 heavy (non-hydrogen) atoms. The van der Waals surface area contributed by atoms with Crippen LogP contribution in [0.3, 0.4) is 0 Å². The quantitative estimate of drug-likeness (QED) is 0.424. The summed E-state index contributed by atoms with van der Waals surface area (Å²) in [7, 11) is 3.96. The van der Waals surface area contributed by atoms with Gasteiger partial charge in [-0.25, -0.2) is 4.99 Å². The number of carbonyl (C=O) groups is 2. The predicted octanol–water partition coefficient (Wildman–Crippen LogP) is 5.04. The van der Waals surface area contributed by atoms with Crippen LogP contribution in [0.5, 0.6) is 0 Å². The van der Waals surface area contributed by atoms with Gasteiger partial charge in [0.25, 0.3) is 5.91 Å². The lowest BCUT2D eigenvalue weighted by Gasteiger charge is -2.26. The maximum atomic E-state index is 13.4. The molecule has 1 aliphatic rings. The van der Waals surface area contributed by atoms with Crippen LogP contribution in [0, 0.1) is 0 Å². The minimum absolute atomic E-state index is 0.128. The Hall–Kier alpha value is -4.04. The third kappa shape index (κ3) is 6.34. The maximum Gasteiger partial charge on any atom is 0.255 e. The van der Waals surface area contributed by atoms with Gasteiger partial charge in [0.2, 0.25) is 5.91 Å². The smallest absolute Gasteiger partial charge is 0.255 e. The van der Waals surface area contributed by atoms with Crippen molar-refractivity contribution in [2.45, 2.75) is 13.0 Å².